The van der Waals surface area contributed by atoms with Crippen LogP contribution in [0.4, 0.5) is 0 Å². The van der Waals surface area contributed by atoms with Crippen molar-refractivity contribution in [2.75, 3.05) is 6.61 Å². The second kappa shape index (κ2) is 6.36. The van der Waals surface area contributed by atoms with E-state index in [4.69, 9.17) is 16.3 Å². The van der Waals surface area contributed by atoms with Crippen molar-refractivity contribution in [3.8, 4) is 6.01 Å². The molecule has 0 aliphatic rings. The summed E-state index contributed by atoms with van der Waals surface area (Å²) in [5.74, 6) is 0. The van der Waals surface area contributed by atoms with E-state index in [9.17, 15) is 0 Å². The number of benzene rings is 1. The minimum Gasteiger partial charge on any atom is -0.464 e. The lowest BCUT2D eigenvalue weighted by Crippen LogP contribution is -2.00. The Kier molecular flexibility index (Phi) is 4.79. The van der Waals surface area contributed by atoms with Gasteiger partial charge in [-0.3, -0.25) is 0 Å². The Morgan fingerprint density at radius 2 is 2.17 bits per heavy atom. The molecule has 0 amide bonds. The van der Waals surface area contributed by atoms with E-state index in [1.54, 1.807) is 0 Å². The van der Waals surface area contributed by atoms with Crippen molar-refractivity contribution in [1.82, 2.24) is 15.0 Å². The molecule has 7 heteroatoms. The highest BCUT2D eigenvalue weighted by Crippen LogP contribution is 2.28. The maximum atomic E-state index is 5.82. The molecule has 0 saturated heterocycles. The first-order chi connectivity index (χ1) is 8.67. The Labute approximate surface area is 122 Å². The van der Waals surface area contributed by atoms with Crippen LogP contribution in [0, 0.1) is 0 Å². The van der Waals surface area contributed by atoms with Crippen LogP contribution in [0.3, 0.4) is 0 Å². The summed E-state index contributed by atoms with van der Waals surface area (Å²) in [4.78, 5) is 13.1. The number of ether oxygens (including phenoxy) is 1. The van der Waals surface area contributed by atoms with E-state index in [2.05, 4.69) is 30.9 Å². The minimum absolute atomic E-state index is 0.131. The summed E-state index contributed by atoms with van der Waals surface area (Å²) < 4.78 is 6.22. The van der Waals surface area contributed by atoms with E-state index in [1.165, 1.54) is 11.8 Å². The summed E-state index contributed by atoms with van der Waals surface area (Å²) in [7, 11) is 0. The highest BCUT2D eigenvalue weighted by molar-refractivity contribution is 9.10. The molecule has 0 bridgehead atoms. The fourth-order valence-corrected chi connectivity index (χ4v) is 2.74. The Morgan fingerprint density at radius 3 is 2.89 bits per heavy atom. The maximum Gasteiger partial charge on any atom is 0.321 e. The van der Waals surface area contributed by atoms with Crippen LogP contribution < -0.4 is 4.74 Å². The average molecular weight is 347 g/mol. The van der Waals surface area contributed by atoms with Crippen molar-refractivity contribution >= 4 is 39.3 Å². The van der Waals surface area contributed by atoms with E-state index in [0.717, 1.165) is 9.37 Å². The van der Waals surface area contributed by atoms with Crippen molar-refractivity contribution in [1.29, 1.82) is 0 Å². The minimum atomic E-state index is 0.131. The third kappa shape index (κ3) is 3.83. The number of hydrogen-bond acceptors (Lipinski definition) is 5. The number of hydrogen-bond donors (Lipinski definition) is 0. The van der Waals surface area contributed by atoms with Gasteiger partial charge in [-0.2, -0.15) is 15.0 Å². The van der Waals surface area contributed by atoms with Gasteiger partial charge in [0.15, 0.2) is 5.16 Å². The molecule has 0 saturated carbocycles. The molecule has 1 aromatic heterocycles. The summed E-state index contributed by atoms with van der Waals surface area (Å²) in [6, 6.07) is 8.08. The quantitative estimate of drug-likeness (QED) is 0.842. The molecular weight excluding hydrogens is 338 g/mol. The number of aromatic nitrogens is 3. The van der Waals surface area contributed by atoms with Crippen LogP contribution >= 0.6 is 39.3 Å². The number of rotatable bonds is 4. The van der Waals surface area contributed by atoms with Crippen LogP contribution in [0.5, 0.6) is 6.01 Å². The average Bonchev–Trinajstić information content (AvgIpc) is 2.28. The zero-order chi connectivity index (χ0) is 13.0. The fraction of sp³-hybridized carbons (Fsp3) is 0.182. The third-order valence-corrected chi connectivity index (χ3v) is 3.36. The third-order valence-electron chi connectivity index (χ3n) is 1.85. The summed E-state index contributed by atoms with van der Waals surface area (Å²) in [6.07, 6.45) is 0. The zero-order valence-electron chi connectivity index (χ0n) is 9.43. The molecule has 0 N–H and O–H groups in total. The van der Waals surface area contributed by atoms with Crippen LogP contribution in [0.2, 0.25) is 5.28 Å². The van der Waals surface area contributed by atoms with E-state index >= 15 is 0 Å². The van der Waals surface area contributed by atoms with Gasteiger partial charge in [-0.15, -0.1) is 0 Å². The zero-order valence-corrected chi connectivity index (χ0v) is 12.6. The smallest absolute Gasteiger partial charge is 0.321 e. The van der Waals surface area contributed by atoms with Crippen LogP contribution in [-0.2, 0) is 0 Å². The lowest BCUT2D eigenvalue weighted by atomic mass is 10.4. The second-order valence-corrected chi connectivity index (χ2v) is 5.46. The summed E-state index contributed by atoms with van der Waals surface area (Å²) >= 11 is 10.6. The Hall–Kier alpha value is -0.850. The van der Waals surface area contributed by atoms with Crippen LogP contribution in [0.25, 0.3) is 0 Å². The molecule has 0 spiro atoms. The standard InChI is InChI=1S/C11H9BrClN3OS/c1-2-17-10-14-9(13)15-11(16-10)18-8-5-3-4-7(12)6-8/h3-6H,2H2,1H3. The van der Waals surface area contributed by atoms with E-state index < -0.39 is 0 Å². The second-order valence-electron chi connectivity index (χ2n) is 3.16. The highest BCUT2D eigenvalue weighted by atomic mass is 79.9. The van der Waals surface area contributed by atoms with Gasteiger partial charge in [-0.1, -0.05) is 22.0 Å². The molecule has 1 aromatic carbocycles. The predicted octanol–water partition coefficient (Wildman–Crippen LogP) is 3.84. The molecule has 0 atom stereocenters. The van der Waals surface area contributed by atoms with Gasteiger partial charge in [0.2, 0.25) is 5.28 Å². The topological polar surface area (TPSA) is 47.9 Å². The summed E-state index contributed by atoms with van der Waals surface area (Å²) in [5.41, 5.74) is 0. The molecule has 18 heavy (non-hydrogen) atoms. The molecule has 1 heterocycles. The fourth-order valence-electron chi connectivity index (χ4n) is 1.19. The molecule has 0 fully saturated rings. The molecule has 0 unspecified atom stereocenters. The number of nitrogens with zero attached hydrogens (tertiary/aromatic N) is 3. The highest BCUT2D eigenvalue weighted by Gasteiger charge is 2.07. The normalized spacial score (nSPS) is 10.4. The van der Waals surface area contributed by atoms with E-state index in [-0.39, 0.29) is 11.3 Å². The van der Waals surface area contributed by atoms with Crippen molar-refractivity contribution in [2.45, 2.75) is 17.0 Å². The molecule has 0 aliphatic heterocycles. The monoisotopic (exact) mass is 345 g/mol. The first kappa shape index (κ1) is 13.6. The van der Waals surface area contributed by atoms with Gasteiger partial charge in [0.25, 0.3) is 0 Å². The van der Waals surface area contributed by atoms with E-state index in [1.807, 2.05) is 31.2 Å². The molecule has 2 rings (SSSR count). The molecule has 0 aliphatic carbocycles. The largest absolute Gasteiger partial charge is 0.464 e. The van der Waals surface area contributed by atoms with Gasteiger partial charge in [0.1, 0.15) is 0 Å². The Bertz CT molecular complexity index is 556. The molecule has 94 valence electrons. The molecule has 0 radical (unpaired) electrons. The van der Waals surface area contributed by atoms with Crippen molar-refractivity contribution in [2.24, 2.45) is 0 Å². The molecular formula is C11H9BrClN3OS. The van der Waals surface area contributed by atoms with Crippen LogP contribution in [0.15, 0.2) is 38.8 Å². The van der Waals surface area contributed by atoms with Gasteiger partial charge in [0, 0.05) is 9.37 Å². The van der Waals surface area contributed by atoms with Crippen molar-refractivity contribution in [3.05, 3.63) is 34.0 Å². The Morgan fingerprint density at radius 1 is 1.33 bits per heavy atom. The summed E-state index contributed by atoms with van der Waals surface area (Å²) in [5, 5.41) is 0.641. The number of halogens is 2. The lowest BCUT2D eigenvalue weighted by molar-refractivity contribution is 0.307. The van der Waals surface area contributed by atoms with Gasteiger partial charge < -0.3 is 4.74 Å². The van der Waals surface area contributed by atoms with Crippen molar-refractivity contribution in [3.63, 3.8) is 0 Å². The predicted molar refractivity (Wildman–Crippen MR) is 74.3 cm³/mol. The van der Waals surface area contributed by atoms with Gasteiger partial charge >= 0.3 is 6.01 Å². The molecule has 2 aromatic rings. The van der Waals surface area contributed by atoms with Crippen LogP contribution in [-0.4, -0.2) is 21.6 Å². The lowest BCUT2D eigenvalue weighted by Gasteiger charge is -2.04. The Balaban J connectivity index is 2.23. The van der Waals surface area contributed by atoms with Crippen LogP contribution in [0.1, 0.15) is 6.92 Å². The van der Waals surface area contributed by atoms with Gasteiger partial charge in [-0.25, -0.2) is 0 Å². The van der Waals surface area contributed by atoms with E-state index in [0.29, 0.717) is 11.8 Å². The molecule has 4 nitrogen and oxygen atoms in total. The van der Waals surface area contributed by atoms with Gasteiger partial charge in [0.05, 0.1) is 6.61 Å². The SMILES string of the molecule is CCOc1nc(Cl)nc(Sc2cccc(Br)c2)n1. The first-order valence-electron chi connectivity index (χ1n) is 5.15. The first-order valence-corrected chi connectivity index (χ1v) is 7.14. The summed E-state index contributed by atoms with van der Waals surface area (Å²) in [6.45, 7) is 2.35. The maximum absolute atomic E-state index is 5.82. The van der Waals surface area contributed by atoms with Crippen molar-refractivity contribution < 1.29 is 4.74 Å². The van der Waals surface area contributed by atoms with Gasteiger partial charge in [-0.05, 0) is 48.5 Å².